The third-order valence-corrected chi connectivity index (χ3v) is 3.12. The first-order chi connectivity index (χ1) is 7.81. The van der Waals surface area contributed by atoms with Gasteiger partial charge in [-0.25, -0.2) is 4.98 Å². The minimum Gasteiger partial charge on any atom is -0.354 e. The minimum atomic E-state index is 0.304. The summed E-state index contributed by atoms with van der Waals surface area (Å²) in [4.78, 5) is 10.9. The van der Waals surface area contributed by atoms with Gasteiger partial charge in [-0.15, -0.1) is 0 Å². The summed E-state index contributed by atoms with van der Waals surface area (Å²) in [5.41, 5.74) is 5.75. The van der Waals surface area contributed by atoms with Crippen molar-refractivity contribution >= 4 is 11.8 Å². The first-order valence-corrected chi connectivity index (χ1v) is 5.89. The maximum Gasteiger partial charge on any atom is 0.224 e. The van der Waals surface area contributed by atoms with Crippen LogP contribution in [0.4, 0.5) is 11.8 Å². The van der Waals surface area contributed by atoms with Crippen LogP contribution in [0.1, 0.15) is 12.8 Å². The fourth-order valence-corrected chi connectivity index (χ4v) is 1.87. The summed E-state index contributed by atoms with van der Waals surface area (Å²) in [5.74, 6) is 2.56. The zero-order valence-corrected chi connectivity index (χ0v) is 9.26. The van der Waals surface area contributed by atoms with Crippen molar-refractivity contribution in [3.05, 3.63) is 12.3 Å². The summed E-state index contributed by atoms with van der Waals surface area (Å²) in [5, 5.41) is 3.28. The molecular weight excluding hydrogens is 202 g/mol. The lowest BCUT2D eigenvalue weighted by Gasteiger charge is -2.37. The number of hydrogen-bond acceptors (Lipinski definition) is 5. The summed E-state index contributed by atoms with van der Waals surface area (Å²) < 4.78 is 0. The summed E-state index contributed by atoms with van der Waals surface area (Å²) in [7, 11) is 0. The lowest BCUT2D eigenvalue weighted by Crippen LogP contribution is -2.56. The zero-order valence-electron chi connectivity index (χ0n) is 9.26. The van der Waals surface area contributed by atoms with Crippen LogP contribution in [0, 0.1) is 5.92 Å². The largest absolute Gasteiger partial charge is 0.354 e. The molecule has 2 fully saturated rings. The van der Waals surface area contributed by atoms with E-state index in [4.69, 9.17) is 5.73 Å². The molecule has 5 heteroatoms. The van der Waals surface area contributed by atoms with Crippen molar-refractivity contribution < 1.29 is 0 Å². The summed E-state index contributed by atoms with van der Waals surface area (Å²) in [6, 6.07) is 2.24. The van der Waals surface area contributed by atoms with Crippen molar-refractivity contribution in [3.8, 4) is 0 Å². The predicted molar refractivity (Wildman–Crippen MR) is 63.4 cm³/mol. The molecule has 0 amide bonds. The van der Waals surface area contributed by atoms with E-state index in [2.05, 4.69) is 20.2 Å². The summed E-state index contributed by atoms with van der Waals surface area (Å²) >= 11 is 0. The Bertz CT molecular complexity index is 370. The number of aromatic nitrogens is 2. The molecule has 0 radical (unpaired) electrons. The maximum absolute atomic E-state index is 5.75. The molecule has 1 aromatic rings. The lowest BCUT2D eigenvalue weighted by atomic mass is 10.1. The molecule has 1 aliphatic carbocycles. The molecule has 1 aliphatic heterocycles. The molecule has 3 N–H and O–H groups in total. The van der Waals surface area contributed by atoms with E-state index >= 15 is 0 Å². The second-order valence-corrected chi connectivity index (χ2v) is 4.73. The van der Waals surface area contributed by atoms with Crippen molar-refractivity contribution in [2.45, 2.75) is 18.9 Å². The molecule has 86 valence electrons. The normalized spacial score (nSPS) is 20.7. The molecule has 5 nitrogen and oxygen atoms in total. The Hall–Kier alpha value is -1.36. The highest BCUT2D eigenvalue weighted by molar-refractivity contribution is 5.45. The van der Waals surface area contributed by atoms with Gasteiger partial charge >= 0.3 is 0 Å². The van der Waals surface area contributed by atoms with Gasteiger partial charge in [-0.05, 0) is 24.8 Å². The van der Waals surface area contributed by atoms with Crippen LogP contribution in [0.15, 0.2) is 12.3 Å². The van der Waals surface area contributed by atoms with Gasteiger partial charge in [-0.3, -0.25) is 0 Å². The molecule has 2 aliphatic rings. The Morgan fingerprint density at radius 2 is 2.25 bits per heavy atom. The number of rotatable bonds is 4. The average Bonchev–Trinajstić information content (AvgIpc) is 3.06. The van der Waals surface area contributed by atoms with Crippen LogP contribution in [0.25, 0.3) is 0 Å². The third-order valence-electron chi connectivity index (χ3n) is 3.12. The molecule has 0 aromatic carbocycles. The Kier molecular flexibility index (Phi) is 2.40. The Labute approximate surface area is 95.1 Å². The maximum atomic E-state index is 5.75. The third kappa shape index (κ3) is 2.09. The quantitative estimate of drug-likeness (QED) is 0.769. The molecule has 0 bridgehead atoms. The van der Waals surface area contributed by atoms with E-state index in [0.29, 0.717) is 6.04 Å². The Balaban J connectivity index is 1.62. The molecule has 0 unspecified atom stereocenters. The summed E-state index contributed by atoms with van der Waals surface area (Å²) in [6.45, 7) is 2.81. The molecule has 1 saturated carbocycles. The predicted octanol–water partition coefficient (Wildman–Crippen LogP) is 0.446. The second kappa shape index (κ2) is 3.90. The fourth-order valence-electron chi connectivity index (χ4n) is 1.87. The van der Waals surface area contributed by atoms with Crippen LogP contribution in [-0.2, 0) is 0 Å². The molecule has 1 aromatic heterocycles. The van der Waals surface area contributed by atoms with Gasteiger partial charge < -0.3 is 16.0 Å². The van der Waals surface area contributed by atoms with E-state index in [1.54, 1.807) is 6.20 Å². The highest BCUT2D eigenvalue weighted by Crippen LogP contribution is 2.28. The monoisotopic (exact) mass is 219 g/mol. The van der Waals surface area contributed by atoms with E-state index in [-0.39, 0.29) is 0 Å². The van der Waals surface area contributed by atoms with Gasteiger partial charge in [-0.2, -0.15) is 4.98 Å². The van der Waals surface area contributed by atoms with Crippen LogP contribution < -0.4 is 16.0 Å². The standard InChI is InChI=1S/C11H17N5/c12-9-6-16(7-9)10-3-4-13-11(15-10)14-5-8-1-2-8/h3-4,8-9H,1-2,5-7,12H2,(H,13,14,15). The van der Waals surface area contributed by atoms with Gasteiger partial charge in [0.05, 0.1) is 0 Å². The fraction of sp³-hybridized carbons (Fsp3) is 0.636. The first kappa shape index (κ1) is 9.84. The van der Waals surface area contributed by atoms with Gasteiger partial charge in [0.1, 0.15) is 5.82 Å². The van der Waals surface area contributed by atoms with Crippen LogP contribution >= 0.6 is 0 Å². The van der Waals surface area contributed by atoms with Crippen molar-refractivity contribution in [1.82, 2.24) is 9.97 Å². The molecular formula is C11H17N5. The Morgan fingerprint density at radius 3 is 2.94 bits per heavy atom. The van der Waals surface area contributed by atoms with Gasteiger partial charge in [0.2, 0.25) is 5.95 Å². The Morgan fingerprint density at radius 1 is 1.44 bits per heavy atom. The van der Waals surface area contributed by atoms with Gasteiger partial charge in [0, 0.05) is 31.9 Å². The highest BCUT2D eigenvalue weighted by Gasteiger charge is 2.25. The van der Waals surface area contributed by atoms with Crippen molar-refractivity contribution in [1.29, 1.82) is 0 Å². The van der Waals surface area contributed by atoms with Crippen molar-refractivity contribution in [2.24, 2.45) is 11.7 Å². The smallest absolute Gasteiger partial charge is 0.224 e. The molecule has 16 heavy (non-hydrogen) atoms. The van der Waals surface area contributed by atoms with Gasteiger partial charge in [0.25, 0.3) is 0 Å². The van der Waals surface area contributed by atoms with Crippen molar-refractivity contribution in [3.63, 3.8) is 0 Å². The zero-order chi connectivity index (χ0) is 11.0. The van der Waals surface area contributed by atoms with Crippen LogP contribution in [0.2, 0.25) is 0 Å². The topological polar surface area (TPSA) is 67.1 Å². The van der Waals surface area contributed by atoms with Crippen LogP contribution in [0.3, 0.4) is 0 Å². The number of hydrogen-bond donors (Lipinski definition) is 2. The molecule has 1 saturated heterocycles. The number of anilines is 2. The molecule has 0 spiro atoms. The highest BCUT2D eigenvalue weighted by atomic mass is 15.3. The van der Waals surface area contributed by atoms with Gasteiger partial charge in [0.15, 0.2) is 0 Å². The molecule has 3 rings (SSSR count). The van der Waals surface area contributed by atoms with E-state index in [1.807, 2.05) is 6.07 Å². The molecule has 2 heterocycles. The molecule has 0 atom stereocenters. The van der Waals surface area contributed by atoms with Crippen molar-refractivity contribution in [2.75, 3.05) is 29.9 Å². The van der Waals surface area contributed by atoms with Crippen LogP contribution in [0.5, 0.6) is 0 Å². The van der Waals surface area contributed by atoms with E-state index in [1.165, 1.54) is 12.8 Å². The van der Waals surface area contributed by atoms with E-state index < -0.39 is 0 Å². The SMILES string of the molecule is NC1CN(c2ccnc(NCC3CC3)n2)C1. The van der Waals surface area contributed by atoms with Crippen LogP contribution in [-0.4, -0.2) is 35.6 Å². The number of nitrogens with two attached hydrogens (primary N) is 1. The average molecular weight is 219 g/mol. The van der Waals surface area contributed by atoms with E-state index in [9.17, 15) is 0 Å². The summed E-state index contributed by atoms with van der Waals surface area (Å²) in [6.07, 6.45) is 4.49. The minimum absolute atomic E-state index is 0.304. The lowest BCUT2D eigenvalue weighted by molar-refractivity contribution is 0.514. The first-order valence-electron chi connectivity index (χ1n) is 5.89. The number of nitrogens with zero attached hydrogens (tertiary/aromatic N) is 3. The van der Waals surface area contributed by atoms with Gasteiger partial charge in [-0.1, -0.05) is 0 Å². The van der Waals surface area contributed by atoms with E-state index in [0.717, 1.165) is 37.3 Å². The number of nitrogens with one attached hydrogen (secondary N) is 1. The second-order valence-electron chi connectivity index (χ2n) is 4.73.